The van der Waals surface area contributed by atoms with Crippen molar-refractivity contribution in [1.29, 1.82) is 0 Å². The highest BCUT2D eigenvalue weighted by Gasteiger charge is 2.33. The van der Waals surface area contributed by atoms with E-state index in [1.165, 1.54) is 34.3 Å². The molecule has 3 aromatic rings. The molecule has 9 heteroatoms. The Bertz CT molecular complexity index is 801. The molecule has 0 aliphatic rings. The van der Waals surface area contributed by atoms with Gasteiger partial charge in [-0.1, -0.05) is 18.2 Å². The number of nitrogens with zero attached hydrogens (tertiary/aromatic N) is 4. The van der Waals surface area contributed by atoms with Gasteiger partial charge in [0.05, 0.1) is 18.2 Å². The fraction of sp³-hybridized carbons (Fsp3) is 0.267. The largest absolute Gasteiger partial charge is 0.416 e. The smallest absolute Gasteiger partial charge is 0.391 e. The van der Waals surface area contributed by atoms with Crippen molar-refractivity contribution in [3.63, 3.8) is 0 Å². The van der Waals surface area contributed by atoms with Crippen LogP contribution in [0.3, 0.4) is 0 Å². The van der Waals surface area contributed by atoms with Crippen LogP contribution in [0.15, 0.2) is 41.1 Å². The summed E-state index contributed by atoms with van der Waals surface area (Å²) in [6.07, 6.45) is -5.66. The molecule has 1 aromatic carbocycles. The maximum atomic E-state index is 13.0. The Labute approximate surface area is 139 Å². The molecule has 1 unspecified atom stereocenters. The summed E-state index contributed by atoms with van der Waals surface area (Å²) in [6, 6.07) is 7.04. The van der Waals surface area contributed by atoms with E-state index in [2.05, 4.69) is 15.4 Å². The predicted molar refractivity (Wildman–Crippen MR) is 82.3 cm³/mol. The van der Waals surface area contributed by atoms with Gasteiger partial charge < -0.3 is 5.11 Å². The first-order chi connectivity index (χ1) is 11.4. The zero-order chi connectivity index (χ0) is 17.2. The molecule has 0 aliphatic carbocycles. The van der Waals surface area contributed by atoms with Crippen LogP contribution in [0.25, 0.3) is 11.4 Å². The molecule has 0 aliphatic heterocycles. The number of aliphatic hydroxyl groups is 1. The monoisotopic (exact) mass is 354 g/mol. The van der Waals surface area contributed by atoms with E-state index in [1.807, 2.05) is 16.8 Å². The minimum absolute atomic E-state index is 0.0377. The first kappa shape index (κ1) is 16.6. The molecule has 1 atom stereocenters. The number of thiophene rings is 1. The van der Waals surface area contributed by atoms with E-state index >= 15 is 0 Å². The Morgan fingerprint density at radius 1 is 1.21 bits per heavy atom. The summed E-state index contributed by atoms with van der Waals surface area (Å²) in [4.78, 5) is 1.19. The second-order valence-electron chi connectivity index (χ2n) is 5.19. The van der Waals surface area contributed by atoms with Gasteiger partial charge in [-0.15, -0.1) is 10.2 Å². The minimum atomic E-state index is -4.45. The normalized spacial score (nSPS) is 13.2. The lowest BCUT2D eigenvalue weighted by atomic mass is 10.0. The highest BCUT2D eigenvalue weighted by atomic mass is 32.1. The second kappa shape index (κ2) is 6.70. The first-order valence-corrected chi connectivity index (χ1v) is 8.01. The maximum absolute atomic E-state index is 13.0. The molecule has 0 bridgehead atoms. The van der Waals surface area contributed by atoms with Crippen LogP contribution in [0, 0.1) is 0 Å². The Hall–Kier alpha value is -2.26. The van der Waals surface area contributed by atoms with Gasteiger partial charge in [-0.25, -0.2) is 0 Å². The van der Waals surface area contributed by atoms with Crippen LogP contribution in [0.5, 0.6) is 0 Å². The van der Waals surface area contributed by atoms with E-state index in [9.17, 15) is 18.3 Å². The molecule has 5 nitrogen and oxygen atoms in total. The van der Waals surface area contributed by atoms with E-state index < -0.39 is 17.8 Å². The topological polar surface area (TPSA) is 63.8 Å². The lowest BCUT2D eigenvalue weighted by molar-refractivity contribution is -0.138. The molecule has 1 N–H and O–H groups in total. The second-order valence-corrected chi connectivity index (χ2v) is 5.97. The van der Waals surface area contributed by atoms with Crippen molar-refractivity contribution in [2.24, 2.45) is 0 Å². The van der Waals surface area contributed by atoms with E-state index in [4.69, 9.17) is 0 Å². The Morgan fingerprint density at radius 2 is 2.00 bits per heavy atom. The van der Waals surface area contributed by atoms with Gasteiger partial charge in [-0.2, -0.15) is 29.3 Å². The SMILES string of the molecule is OC(Cc1ccccc1C(F)(F)F)Cn1nnc(-c2ccsc2)n1. The van der Waals surface area contributed by atoms with Crippen molar-refractivity contribution in [1.82, 2.24) is 20.2 Å². The van der Waals surface area contributed by atoms with Crippen molar-refractivity contribution in [2.75, 3.05) is 0 Å². The number of aromatic nitrogens is 4. The number of benzene rings is 1. The van der Waals surface area contributed by atoms with E-state index in [0.717, 1.165) is 11.6 Å². The molecule has 2 heterocycles. The summed E-state index contributed by atoms with van der Waals surface area (Å²) >= 11 is 1.49. The molecule has 0 spiro atoms. The molecule has 0 saturated heterocycles. The fourth-order valence-corrected chi connectivity index (χ4v) is 2.94. The molecule has 2 aromatic heterocycles. The molecule has 0 radical (unpaired) electrons. The number of rotatable bonds is 5. The van der Waals surface area contributed by atoms with Crippen LogP contribution in [0.2, 0.25) is 0 Å². The number of alkyl halides is 3. The molecule has 24 heavy (non-hydrogen) atoms. The van der Waals surface area contributed by atoms with Gasteiger partial charge in [0.25, 0.3) is 0 Å². The van der Waals surface area contributed by atoms with Gasteiger partial charge in [0.15, 0.2) is 0 Å². The molecular formula is C15H13F3N4OS. The standard InChI is InChI=1S/C15H13F3N4OS/c16-15(17,18)13-4-2-1-3-10(13)7-12(23)8-22-20-14(19-21-22)11-5-6-24-9-11/h1-6,9,12,23H,7-8H2. The summed E-state index contributed by atoms with van der Waals surface area (Å²) in [5.41, 5.74) is 0.105. The molecule has 3 rings (SSSR count). The van der Waals surface area contributed by atoms with Crippen molar-refractivity contribution < 1.29 is 18.3 Å². The number of aliphatic hydroxyl groups excluding tert-OH is 1. The van der Waals surface area contributed by atoms with Gasteiger partial charge in [-0.05, 0) is 28.3 Å². The number of hydrogen-bond donors (Lipinski definition) is 1. The summed E-state index contributed by atoms with van der Waals surface area (Å²) < 4.78 is 38.9. The summed E-state index contributed by atoms with van der Waals surface area (Å²) in [5, 5.41) is 25.6. The van der Waals surface area contributed by atoms with Gasteiger partial charge >= 0.3 is 6.18 Å². The summed E-state index contributed by atoms with van der Waals surface area (Å²) in [6.45, 7) is -0.0384. The van der Waals surface area contributed by atoms with Gasteiger partial charge in [-0.3, -0.25) is 0 Å². The fourth-order valence-electron chi connectivity index (χ4n) is 2.31. The lowest BCUT2D eigenvalue weighted by Crippen LogP contribution is -2.22. The Balaban J connectivity index is 1.70. The van der Waals surface area contributed by atoms with E-state index in [0.29, 0.717) is 5.82 Å². The van der Waals surface area contributed by atoms with Crippen LogP contribution in [-0.4, -0.2) is 31.4 Å². The average Bonchev–Trinajstić information content (AvgIpc) is 3.17. The summed E-state index contributed by atoms with van der Waals surface area (Å²) in [5.74, 6) is 0.416. The molecule has 126 valence electrons. The van der Waals surface area contributed by atoms with Crippen molar-refractivity contribution in [3.8, 4) is 11.4 Å². The molecule has 0 saturated carbocycles. The zero-order valence-corrected chi connectivity index (χ0v) is 13.1. The van der Waals surface area contributed by atoms with Crippen LogP contribution < -0.4 is 0 Å². The molecular weight excluding hydrogens is 341 g/mol. The Kier molecular flexibility index (Phi) is 4.63. The first-order valence-electron chi connectivity index (χ1n) is 7.07. The van der Waals surface area contributed by atoms with Gasteiger partial charge in [0.2, 0.25) is 5.82 Å². The molecule has 0 fully saturated rings. The van der Waals surface area contributed by atoms with Crippen LogP contribution in [0.4, 0.5) is 13.2 Å². The molecule has 0 amide bonds. The number of tetrazole rings is 1. The minimum Gasteiger partial charge on any atom is -0.391 e. The summed E-state index contributed by atoms with van der Waals surface area (Å²) in [7, 11) is 0. The highest BCUT2D eigenvalue weighted by molar-refractivity contribution is 7.08. The third-order valence-electron chi connectivity index (χ3n) is 3.38. The zero-order valence-electron chi connectivity index (χ0n) is 12.3. The van der Waals surface area contributed by atoms with Gasteiger partial charge in [0, 0.05) is 17.4 Å². The van der Waals surface area contributed by atoms with Crippen LogP contribution in [-0.2, 0) is 19.1 Å². The van der Waals surface area contributed by atoms with Crippen LogP contribution in [0.1, 0.15) is 11.1 Å². The third kappa shape index (κ3) is 3.80. The Morgan fingerprint density at radius 3 is 2.71 bits per heavy atom. The van der Waals surface area contributed by atoms with E-state index in [-0.39, 0.29) is 18.5 Å². The highest BCUT2D eigenvalue weighted by Crippen LogP contribution is 2.32. The van der Waals surface area contributed by atoms with Crippen molar-refractivity contribution >= 4 is 11.3 Å². The number of halogens is 3. The van der Waals surface area contributed by atoms with Crippen molar-refractivity contribution in [2.45, 2.75) is 25.2 Å². The average molecular weight is 354 g/mol. The number of hydrogen-bond acceptors (Lipinski definition) is 5. The third-order valence-corrected chi connectivity index (χ3v) is 4.07. The van der Waals surface area contributed by atoms with Gasteiger partial charge in [0.1, 0.15) is 0 Å². The van der Waals surface area contributed by atoms with Crippen molar-refractivity contribution in [3.05, 3.63) is 52.2 Å². The predicted octanol–water partition coefficient (Wildman–Crippen LogP) is 3.02. The quantitative estimate of drug-likeness (QED) is 0.765. The lowest BCUT2D eigenvalue weighted by Gasteiger charge is -2.15. The van der Waals surface area contributed by atoms with Crippen LogP contribution >= 0.6 is 11.3 Å². The van der Waals surface area contributed by atoms with E-state index in [1.54, 1.807) is 0 Å². The maximum Gasteiger partial charge on any atom is 0.416 e.